The van der Waals surface area contributed by atoms with E-state index in [1.165, 1.54) is 11.3 Å². The first-order valence-corrected chi connectivity index (χ1v) is 5.82. The Morgan fingerprint density at radius 3 is 2.88 bits per heavy atom. The summed E-state index contributed by atoms with van der Waals surface area (Å²) in [6.45, 7) is 2.68. The Hall–Kier alpha value is -1.06. The SMILES string of the molecule is CN(C)Cc1ccccc1NC1CCOC1. The van der Waals surface area contributed by atoms with Gasteiger partial charge in [0.2, 0.25) is 0 Å². The van der Waals surface area contributed by atoms with Crippen LogP contribution in [0.2, 0.25) is 0 Å². The van der Waals surface area contributed by atoms with Gasteiger partial charge in [0.25, 0.3) is 0 Å². The summed E-state index contributed by atoms with van der Waals surface area (Å²) in [4.78, 5) is 2.19. The predicted octanol–water partition coefficient (Wildman–Crippen LogP) is 1.95. The number of nitrogens with zero attached hydrogens (tertiary/aromatic N) is 1. The van der Waals surface area contributed by atoms with E-state index in [-0.39, 0.29) is 0 Å². The lowest BCUT2D eigenvalue weighted by Gasteiger charge is -2.18. The number of para-hydroxylation sites is 1. The van der Waals surface area contributed by atoms with Crippen LogP contribution in [0.5, 0.6) is 0 Å². The quantitative estimate of drug-likeness (QED) is 0.839. The van der Waals surface area contributed by atoms with Crippen LogP contribution < -0.4 is 5.32 Å². The highest BCUT2D eigenvalue weighted by atomic mass is 16.5. The molecule has 0 radical (unpaired) electrons. The average Bonchev–Trinajstić information content (AvgIpc) is 2.73. The molecule has 1 atom stereocenters. The lowest BCUT2D eigenvalue weighted by atomic mass is 10.1. The summed E-state index contributed by atoms with van der Waals surface area (Å²) in [5.41, 5.74) is 2.59. The molecule has 0 aromatic heterocycles. The number of nitrogens with one attached hydrogen (secondary N) is 1. The minimum absolute atomic E-state index is 0.475. The molecule has 1 aromatic carbocycles. The molecule has 2 rings (SSSR count). The van der Waals surface area contributed by atoms with Crippen LogP contribution in [0, 0.1) is 0 Å². The first-order chi connectivity index (χ1) is 7.75. The molecule has 1 heterocycles. The third kappa shape index (κ3) is 2.97. The smallest absolute Gasteiger partial charge is 0.0668 e. The Labute approximate surface area is 97.4 Å². The maximum absolute atomic E-state index is 5.38. The summed E-state index contributed by atoms with van der Waals surface area (Å²) in [5, 5.41) is 3.56. The molecule has 88 valence electrons. The van der Waals surface area contributed by atoms with E-state index in [0.717, 1.165) is 26.2 Å². The van der Waals surface area contributed by atoms with Gasteiger partial charge in [0.1, 0.15) is 0 Å². The number of hydrogen-bond acceptors (Lipinski definition) is 3. The van der Waals surface area contributed by atoms with Crippen LogP contribution >= 0.6 is 0 Å². The minimum Gasteiger partial charge on any atom is -0.380 e. The number of rotatable bonds is 4. The van der Waals surface area contributed by atoms with Gasteiger partial charge in [-0.05, 0) is 32.1 Å². The van der Waals surface area contributed by atoms with Crippen molar-refractivity contribution in [1.82, 2.24) is 4.90 Å². The van der Waals surface area contributed by atoms with E-state index < -0.39 is 0 Å². The maximum Gasteiger partial charge on any atom is 0.0668 e. The predicted molar refractivity (Wildman–Crippen MR) is 66.7 cm³/mol. The van der Waals surface area contributed by atoms with Crippen molar-refractivity contribution in [3.8, 4) is 0 Å². The zero-order valence-electron chi connectivity index (χ0n) is 10.1. The van der Waals surface area contributed by atoms with E-state index in [0.29, 0.717) is 6.04 Å². The third-order valence-electron chi connectivity index (χ3n) is 2.79. The molecule has 0 aliphatic carbocycles. The molecule has 0 saturated carbocycles. The Morgan fingerprint density at radius 2 is 2.19 bits per heavy atom. The van der Waals surface area contributed by atoms with Crippen molar-refractivity contribution in [2.45, 2.75) is 19.0 Å². The summed E-state index contributed by atoms with van der Waals surface area (Å²) in [7, 11) is 4.19. The Balaban J connectivity index is 2.06. The van der Waals surface area contributed by atoms with Gasteiger partial charge in [-0.2, -0.15) is 0 Å². The molecule has 1 fully saturated rings. The van der Waals surface area contributed by atoms with Crippen LogP contribution in [0.4, 0.5) is 5.69 Å². The van der Waals surface area contributed by atoms with Crippen LogP contribution in [0.1, 0.15) is 12.0 Å². The number of ether oxygens (including phenoxy) is 1. The second-order valence-electron chi connectivity index (χ2n) is 4.60. The molecule has 3 heteroatoms. The second kappa shape index (κ2) is 5.32. The molecule has 0 spiro atoms. The minimum atomic E-state index is 0.475. The van der Waals surface area contributed by atoms with Gasteiger partial charge in [0.15, 0.2) is 0 Å². The standard InChI is InChI=1S/C13H20N2O/c1-15(2)9-11-5-3-4-6-13(11)14-12-7-8-16-10-12/h3-6,12,14H,7-10H2,1-2H3. The van der Waals surface area contributed by atoms with E-state index >= 15 is 0 Å². The molecule has 1 unspecified atom stereocenters. The van der Waals surface area contributed by atoms with Gasteiger partial charge in [0.05, 0.1) is 12.6 Å². The van der Waals surface area contributed by atoms with E-state index in [2.05, 4.69) is 48.6 Å². The van der Waals surface area contributed by atoms with Crippen molar-refractivity contribution < 1.29 is 4.74 Å². The lowest BCUT2D eigenvalue weighted by molar-refractivity contribution is 0.195. The largest absolute Gasteiger partial charge is 0.380 e. The molecule has 0 bridgehead atoms. The molecular formula is C13H20N2O. The topological polar surface area (TPSA) is 24.5 Å². The van der Waals surface area contributed by atoms with Crippen LogP contribution in [0.3, 0.4) is 0 Å². The highest BCUT2D eigenvalue weighted by Crippen LogP contribution is 2.19. The molecule has 1 saturated heterocycles. The highest BCUT2D eigenvalue weighted by Gasteiger charge is 2.16. The fourth-order valence-corrected chi connectivity index (χ4v) is 2.01. The Morgan fingerprint density at radius 1 is 1.38 bits per heavy atom. The lowest BCUT2D eigenvalue weighted by Crippen LogP contribution is -2.21. The van der Waals surface area contributed by atoms with Gasteiger partial charge in [0, 0.05) is 18.8 Å². The molecule has 1 aliphatic heterocycles. The molecule has 16 heavy (non-hydrogen) atoms. The van der Waals surface area contributed by atoms with Crippen molar-refractivity contribution in [2.75, 3.05) is 32.6 Å². The molecule has 1 aromatic rings. The van der Waals surface area contributed by atoms with Gasteiger partial charge in [-0.15, -0.1) is 0 Å². The fourth-order valence-electron chi connectivity index (χ4n) is 2.01. The van der Waals surface area contributed by atoms with Gasteiger partial charge in [-0.3, -0.25) is 0 Å². The summed E-state index contributed by atoms with van der Waals surface area (Å²) >= 11 is 0. The molecule has 0 amide bonds. The van der Waals surface area contributed by atoms with Crippen molar-refractivity contribution in [3.63, 3.8) is 0 Å². The maximum atomic E-state index is 5.38. The van der Waals surface area contributed by atoms with E-state index in [1.54, 1.807) is 0 Å². The molecule has 3 nitrogen and oxygen atoms in total. The number of benzene rings is 1. The zero-order valence-corrected chi connectivity index (χ0v) is 10.1. The van der Waals surface area contributed by atoms with Crippen LogP contribution in [0.15, 0.2) is 24.3 Å². The van der Waals surface area contributed by atoms with Gasteiger partial charge in [-0.1, -0.05) is 18.2 Å². The summed E-state index contributed by atoms with van der Waals surface area (Å²) in [5.74, 6) is 0. The van der Waals surface area contributed by atoms with Crippen LogP contribution in [0.25, 0.3) is 0 Å². The fraction of sp³-hybridized carbons (Fsp3) is 0.538. The monoisotopic (exact) mass is 220 g/mol. The van der Waals surface area contributed by atoms with Gasteiger partial charge in [-0.25, -0.2) is 0 Å². The summed E-state index contributed by atoms with van der Waals surface area (Å²) < 4.78 is 5.38. The molecular weight excluding hydrogens is 200 g/mol. The summed E-state index contributed by atoms with van der Waals surface area (Å²) in [6, 6.07) is 8.98. The van der Waals surface area contributed by atoms with Crippen molar-refractivity contribution in [2.24, 2.45) is 0 Å². The van der Waals surface area contributed by atoms with Gasteiger partial charge < -0.3 is 15.0 Å². The first kappa shape index (κ1) is 11.4. The van der Waals surface area contributed by atoms with Crippen LogP contribution in [-0.4, -0.2) is 38.3 Å². The molecule has 1 N–H and O–H groups in total. The van der Waals surface area contributed by atoms with E-state index in [1.807, 2.05) is 0 Å². The number of hydrogen-bond donors (Lipinski definition) is 1. The summed E-state index contributed by atoms with van der Waals surface area (Å²) in [6.07, 6.45) is 1.11. The van der Waals surface area contributed by atoms with Crippen molar-refractivity contribution in [1.29, 1.82) is 0 Å². The Kier molecular flexibility index (Phi) is 3.80. The average molecular weight is 220 g/mol. The molecule has 1 aliphatic rings. The zero-order chi connectivity index (χ0) is 11.4. The second-order valence-corrected chi connectivity index (χ2v) is 4.60. The van der Waals surface area contributed by atoms with E-state index in [4.69, 9.17) is 4.74 Å². The van der Waals surface area contributed by atoms with Gasteiger partial charge >= 0.3 is 0 Å². The third-order valence-corrected chi connectivity index (χ3v) is 2.79. The highest BCUT2D eigenvalue weighted by molar-refractivity contribution is 5.51. The van der Waals surface area contributed by atoms with E-state index in [9.17, 15) is 0 Å². The normalized spacial score (nSPS) is 20.3. The Bertz CT molecular complexity index is 332. The number of anilines is 1. The first-order valence-electron chi connectivity index (χ1n) is 5.82. The van der Waals surface area contributed by atoms with Crippen molar-refractivity contribution >= 4 is 5.69 Å². The van der Waals surface area contributed by atoms with Crippen molar-refractivity contribution in [3.05, 3.63) is 29.8 Å². The van der Waals surface area contributed by atoms with Crippen LogP contribution in [-0.2, 0) is 11.3 Å².